The van der Waals surface area contributed by atoms with Crippen LogP contribution in [0.1, 0.15) is 61.8 Å². The van der Waals surface area contributed by atoms with Gasteiger partial charge in [0.1, 0.15) is 0 Å². The van der Waals surface area contributed by atoms with Gasteiger partial charge in [0.15, 0.2) is 0 Å². The lowest BCUT2D eigenvalue weighted by Crippen LogP contribution is -2.47. The SMILES string of the molecule is Cc1cccc(C)c1NC(=O)CNC(=O)[C@@H](C)N(Cc1ccc(C(C)C)cc1)C1CC1. The van der Waals surface area contributed by atoms with Crippen LogP contribution in [0.3, 0.4) is 0 Å². The van der Waals surface area contributed by atoms with E-state index in [1.165, 1.54) is 11.1 Å². The Hall–Kier alpha value is -2.66. The fourth-order valence-corrected chi connectivity index (χ4v) is 3.87. The number of rotatable bonds is 9. The second kappa shape index (κ2) is 10.1. The van der Waals surface area contributed by atoms with Gasteiger partial charge in [0.25, 0.3) is 0 Å². The van der Waals surface area contributed by atoms with Crippen molar-refractivity contribution in [2.45, 2.75) is 72.0 Å². The van der Waals surface area contributed by atoms with Gasteiger partial charge in [0.2, 0.25) is 11.8 Å². The molecule has 1 fully saturated rings. The molecule has 5 heteroatoms. The molecule has 2 amide bonds. The average molecular weight is 422 g/mol. The highest BCUT2D eigenvalue weighted by Crippen LogP contribution is 2.30. The second-order valence-corrected chi connectivity index (χ2v) is 9.01. The summed E-state index contributed by atoms with van der Waals surface area (Å²) in [7, 11) is 0. The Morgan fingerprint density at radius 3 is 2.16 bits per heavy atom. The molecule has 1 atom stereocenters. The third-order valence-electron chi connectivity index (χ3n) is 6.07. The van der Waals surface area contributed by atoms with Crippen LogP contribution in [0.15, 0.2) is 42.5 Å². The van der Waals surface area contributed by atoms with E-state index in [2.05, 4.69) is 53.6 Å². The number of nitrogens with zero attached hydrogens (tertiary/aromatic N) is 1. The number of carbonyl (C=O) groups is 2. The van der Waals surface area contributed by atoms with Crippen LogP contribution in [-0.2, 0) is 16.1 Å². The quantitative estimate of drug-likeness (QED) is 0.625. The Morgan fingerprint density at radius 2 is 1.61 bits per heavy atom. The first kappa shape index (κ1) is 23.0. The lowest BCUT2D eigenvalue weighted by Gasteiger charge is -2.28. The molecule has 166 valence electrons. The van der Waals surface area contributed by atoms with Gasteiger partial charge in [-0.05, 0) is 61.8 Å². The summed E-state index contributed by atoms with van der Waals surface area (Å²) in [6, 6.07) is 14.7. The Balaban J connectivity index is 1.56. The van der Waals surface area contributed by atoms with Crippen LogP contribution in [0.25, 0.3) is 0 Å². The average Bonchev–Trinajstić information content (AvgIpc) is 3.58. The van der Waals surface area contributed by atoms with Gasteiger partial charge in [-0.1, -0.05) is 56.3 Å². The van der Waals surface area contributed by atoms with Crippen LogP contribution in [0.5, 0.6) is 0 Å². The maximum Gasteiger partial charge on any atom is 0.243 e. The van der Waals surface area contributed by atoms with Crippen LogP contribution in [-0.4, -0.2) is 35.3 Å². The molecule has 0 unspecified atom stereocenters. The summed E-state index contributed by atoms with van der Waals surface area (Å²) < 4.78 is 0. The van der Waals surface area contributed by atoms with Crippen molar-refractivity contribution in [2.75, 3.05) is 11.9 Å². The van der Waals surface area contributed by atoms with Crippen molar-refractivity contribution in [3.63, 3.8) is 0 Å². The summed E-state index contributed by atoms with van der Waals surface area (Å²) in [6.07, 6.45) is 2.24. The molecule has 0 spiro atoms. The maximum absolute atomic E-state index is 12.8. The van der Waals surface area contributed by atoms with Crippen molar-refractivity contribution >= 4 is 17.5 Å². The first-order valence-electron chi connectivity index (χ1n) is 11.2. The number of amides is 2. The van der Waals surface area contributed by atoms with Crippen LogP contribution < -0.4 is 10.6 Å². The van der Waals surface area contributed by atoms with E-state index in [9.17, 15) is 9.59 Å². The van der Waals surface area contributed by atoms with Gasteiger partial charge in [-0.2, -0.15) is 0 Å². The Labute approximate surface area is 186 Å². The molecule has 3 rings (SSSR count). The largest absolute Gasteiger partial charge is 0.346 e. The molecule has 2 aromatic carbocycles. The summed E-state index contributed by atoms with van der Waals surface area (Å²) in [5, 5.41) is 5.75. The minimum absolute atomic E-state index is 0.0292. The minimum atomic E-state index is -0.287. The zero-order chi connectivity index (χ0) is 22.5. The Bertz CT molecular complexity index is 896. The Morgan fingerprint density at radius 1 is 1.00 bits per heavy atom. The third kappa shape index (κ3) is 6.17. The van der Waals surface area contributed by atoms with Crippen LogP contribution >= 0.6 is 0 Å². The highest BCUT2D eigenvalue weighted by molar-refractivity contribution is 5.96. The summed E-state index contributed by atoms with van der Waals surface area (Å²) in [4.78, 5) is 27.5. The second-order valence-electron chi connectivity index (χ2n) is 9.01. The fourth-order valence-electron chi connectivity index (χ4n) is 3.87. The summed E-state index contributed by atoms with van der Waals surface area (Å²) in [5.41, 5.74) is 5.37. The standard InChI is InChI=1S/C26H35N3O2/c1-17(2)22-11-9-21(10-12-22)16-29(23-13-14-23)20(5)26(31)27-15-24(30)28-25-18(3)7-6-8-19(25)4/h6-12,17,20,23H,13-16H2,1-5H3,(H,27,31)(H,28,30)/t20-/m1/s1. The number of benzene rings is 2. The molecule has 0 saturated heterocycles. The topological polar surface area (TPSA) is 61.4 Å². The van der Waals surface area contributed by atoms with Crippen molar-refractivity contribution in [3.8, 4) is 0 Å². The number of para-hydroxylation sites is 1. The van der Waals surface area contributed by atoms with E-state index in [4.69, 9.17) is 0 Å². The molecule has 31 heavy (non-hydrogen) atoms. The van der Waals surface area contributed by atoms with Crippen molar-refractivity contribution in [1.29, 1.82) is 0 Å². The van der Waals surface area contributed by atoms with E-state index in [1.54, 1.807) is 0 Å². The normalized spacial score (nSPS) is 14.5. The van der Waals surface area contributed by atoms with E-state index in [1.807, 2.05) is 39.0 Å². The zero-order valence-corrected chi connectivity index (χ0v) is 19.4. The molecule has 0 heterocycles. The molecular formula is C26H35N3O2. The van der Waals surface area contributed by atoms with Gasteiger partial charge in [-0.15, -0.1) is 0 Å². The molecule has 1 aliphatic rings. The number of carbonyl (C=O) groups excluding carboxylic acids is 2. The molecule has 0 aliphatic heterocycles. The molecule has 2 aromatic rings. The Kier molecular flexibility index (Phi) is 7.50. The molecule has 2 N–H and O–H groups in total. The van der Waals surface area contributed by atoms with Crippen LogP contribution in [0.4, 0.5) is 5.69 Å². The van der Waals surface area contributed by atoms with Crippen molar-refractivity contribution in [1.82, 2.24) is 10.2 Å². The fraction of sp³-hybridized carbons (Fsp3) is 0.462. The molecule has 0 aromatic heterocycles. The first-order valence-corrected chi connectivity index (χ1v) is 11.2. The molecule has 0 bridgehead atoms. The number of anilines is 1. The van der Waals surface area contributed by atoms with Gasteiger partial charge in [0.05, 0.1) is 12.6 Å². The summed E-state index contributed by atoms with van der Waals surface area (Å²) in [5.74, 6) is 0.190. The predicted molar refractivity (Wildman–Crippen MR) is 126 cm³/mol. The smallest absolute Gasteiger partial charge is 0.243 e. The molecular weight excluding hydrogens is 386 g/mol. The van der Waals surface area contributed by atoms with Crippen molar-refractivity contribution < 1.29 is 9.59 Å². The summed E-state index contributed by atoms with van der Waals surface area (Å²) in [6.45, 7) is 10.9. The first-order chi connectivity index (χ1) is 14.8. The highest BCUT2D eigenvalue weighted by Gasteiger charge is 2.35. The highest BCUT2D eigenvalue weighted by atomic mass is 16.2. The van der Waals surface area contributed by atoms with Gasteiger partial charge in [-0.3, -0.25) is 14.5 Å². The van der Waals surface area contributed by atoms with E-state index < -0.39 is 0 Å². The number of aryl methyl sites for hydroxylation is 2. The minimum Gasteiger partial charge on any atom is -0.346 e. The molecule has 0 radical (unpaired) electrons. The lowest BCUT2D eigenvalue weighted by atomic mass is 10.0. The number of nitrogens with one attached hydrogen (secondary N) is 2. The van der Waals surface area contributed by atoms with Crippen LogP contribution in [0, 0.1) is 13.8 Å². The van der Waals surface area contributed by atoms with Crippen LogP contribution in [0.2, 0.25) is 0 Å². The van der Waals surface area contributed by atoms with E-state index in [0.717, 1.165) is 36.2 Å². The predicted octanol–water partition coefficient (Wildman–Crippen LogP) is 4.53. The molecule has 1 saturated carbocycles. The van der Waals surface area contributed by atoms with Gasteiger partial charge < -0.3 is 10.6 Å². The third-order valence-corrected chi connectivity index (χ3v) is 6.07. The van der Waals surface area contributed by atoms with E-state index in [-0.39, 0.29) is 24.4 Å². The summed E-state index contributed by atoms with van der Waals surface area (Å²) >= 11 is 0. The van der Waals surface area contributed by atoms with Crippen molar-refractivity contribution in [2.24, 2.45) is 0 Å². The van der Waals surface area contributed by atoms with Gasteiger partial charge >= 0.3 is 0 Å². The monoisotopic (exact) mass is 421 g/mol. The van der Waals surface area contributed by atoms with Gasteiger partial charge in [0, 0.05) is 18.3 Å². The number of hydrogen-bond acceptors (Lipinski definition) is 3. The van der Waals surface area contributed by atoms with E-state index >= 15 is 0 Å². The lowest BCUT2D eigenvalue weighted by molar-refractivity contribution is -0.128. The molecule has 1 aliphatic carbocycles. The van der Waals surface area contributed by atoms with Gasteiger partial charge in [-0.25, -0.2) is 0 Å². The van der Waals surface area contributed by atoms with E-state index in [0.29, 0.717) is 12.0 Å². The number of hydrogen-bond donors (Lipinski definition) is 2. The van der Waals surface area contributed by atoms with Crippen molar-refractivity contribution in [3.05, 3.63) is 64.7 Å². The zero-order valence-electron chi connectivity index (χ0n) is 19.4. The molecule has 5 nitrogen and oxygen atoms in total. The maximum atomic E-state index is 12.8.